The zero-order chi connectivity index (χ0) is 14.0. The lowest BCUT2D eigenvalue weighted by molar-refractivity contribution is 0.0900. The van der Waals surface area contributed by atoms with Crippen molar-refractivity contribution in [2.75, 3.05) is 6.61 Å². The van der Waals surface area contributed by atoms with Gasteiger partial charge in [-0.15, -0.1) is 0 Å². The predicted octanol–water partition coefficient (Wildman–Crippen LogP) is 4.76. The van der Waals surface area contributed by atoms with Gasteiger partial charge in [-0.05, 0) is 35.8 Å². The second-order valence-electron chi connectivity index (χ2n) is 5.79. The molecule has 0 saturated heterocycles. The van der Waals surface area contributed by atoms with Gasteiger partial charge in [0.25, 0.3) is 0 Å². The summed E-state index contributed by atoms with van der Waals surface area (Å²) in [6.45, 7) is 8.26. The molecule has 0 spiro atoms. The van der Waals surface area contributed by atoms with Crippen LogP contribution in [0.4, 0.5) is 0 Å². The van der Waals surface area contributed by atoms with E-state index in [4.69, 9.17) is 16.3 Å². The quantitative estimate of drug-likeness (QED) is 0.567. The second kappa shape index (κ2) is 5.95. The smallest absolute Gasteiger partial charge is 0.205 e. The summed E-state index contributed by atoms with van der Waals surface area (Å²) in [5.74, 6) is 0. The van der Waals surface area contributed by atoms with E-state index in [0.29, 0.717) is 12.0 Å². The van der Waals surface area contributed by atoms with E-state index in [2.05, 4.69) is 40.6 Å². The summed E-state index contributed by atoms with van der Waals surface area (Å²) < 4.78 is 8.63. The zero-order valence-corrected chi connectivity index (χ0v) is 14.8. The Morgan fingerprint density at radius 1 is 1.37 bits per heavy atom. The van der Waals surface area contributed by atoms with Gasteiger partial charge in [-0.2, -0.15) is 0 Å². The number of imidazole rings is 1. The lowest BCUT2D eigenvalue weighted by Gasteiger charge is -2.15. The fraction of sp³-hybridized carbons (Fsp3) is 0.462. The Hall–Kier alpha value is -0.363. The molecule has 19 heavy (non-hydrogen) atoms. The molecule has 1 aromatic carbocycles. The molecular formula is C13H18BrClN2OSi. The van der Waals surface area contributed by atoms with Gasteiger partial charge in [-0.3, -0.25) is 4.57 Å². The van der Waals surface area contributed by atoms with Crippen LogP contribution in [-0.2, 0) is 11.5 Å². The van der Waals surface area contributed by atoms with Gasteiger partial charge in [-0.25, -0.2) is 4.98 Å². The van der Waals surface area contributed by atoms with Gasteiger partial charge in [0.2, 0.25) is 5.28 Å². The van der Waals surface area contributed by atoms with Crippen LogP contribution in [0.5, 0.6) is 0 Å². The average molecular weight is 362 g/mol. The highest BCUT2D eigenvalue weighted by molar-refractivity contribution is 9.10. The highest BCUT2D eigenvalue weighted by Crippen LogP contribution is 2.23. The van der Waals surface area contributed by atoms with Crippen molar-refractivity contribution in [2.45, 2.75) is 32.4 Å². The van der Waals surface area contributed by atoms with Crippen molar-refractivity contribution >= 4 is 46.6 Å². The first-order chi connectivity index (χ1) is 8.87. The Kier molecular flexibility index (Phi) is 4.71. The number of hydrogen-bond acceptors (Lipinski definition) is 2. The van der Waals surface area contributed by atoms with Crippen molar-refractivity contribution in [1.82, 2.24) is 9.55 Å². The summed E-state index contributed by atoms with van der Waals surface area (Å²) in [5.41, 5.74) is 1.88. The molecule has 0 saturated carbocycles. The Morgan fingerprint density at radius 2 is 2.11 bits per heavy atom. The Bertz CT molecular complexity index is 580. The lowest BCUT2D eigenvalue weighted by Crippen LogP contribution is -2.22. The number of fused-ring (bicyclic) bond motifs is 1. The fourth-order valence-electron chi connectivity index (χ4n) is 1.73. The van der Waals surface area contributed by atoms with Crippen LogP contribution in [0.2, 0.25) is 31.0 Å². The van der Waals surface area contributed by atoms with Gasteiger partial charge in [0, 0.05) is 19.2 Å². The molecule has 0 aliphatic rings. The van der Waals surface area contributed by atoms with Gasteiger partial charge in [0.1, 0.15) is 6.73 Å². The van der Waals surface area contributed by atoms with E-state index in [0.717, 1.165) is 28.2 Å². The third kappa shape index (κ3) is 4.05. The van der Waals surface area contributed by atoms with Crippen molar-refractivity contribution in [3.05, 3.63) is 28.0 Å². The highest BCUT2D eigenvalue weighted by atomic mass is 79.9. The molecule has 0 amide bonds. The molecule has 3 nitrogen and oxygen atoms in total. The second-order valence-corrected chi connectivity index (χ2v) is 12.7. The van der Waals surface area contributed by atoms with E-state index in [1.54, 1.807) is 0 Å². The van der Waals surface area contributed by atoms with Crippen LogP contribution in [0, 0.1) is 0 Å². The molecule has 0 N–H and O–H groups in total. The first-order valence-electron chi connectivity index (χ1n) is 6.26. The highest BCUT2D eigenvalue weighted by Gasteiger charge is 2.13. The molecule has 1 aromatic heterocycles. The number of aromatic nitrogens is 2. The van der Waals surface area contributed by atoms with Crippen LogP contribution in [0.15, 0.2) is 22.7 Å². The summed E-state index contributed by atoms with van der Waals surface area (Å²) in [4.78, 5) is 4.33. The van der Waals surface area contributed by atoms with E-state index in [1.165, 1.54) is 0 Å². The molecule has 104 valence electrons. The molecule has 6 heteroatoms. The number of rotatable bonds is 5. The van der Waals surface area contributed by atoms with Crippen LogP contribution in [0.25, 0.3) is 11.0 Å². The largest absolute Gasteiger partial charge is 0.361 e. The number of halogens is 2. The summed E-state index contributed by atoms with van der Waals surface area (Å²) in [7, 11) is -1.04. The number of benzene rings is 1. The van der Waals surface area contributed by atoms with E-state index < -0.39 is 8.07 Å². The van der Waals surface area contributed by atoms with Gasteiger partial charge in [0.15, 0.2) is 0 Å². The van der Waals surface area contributed by atoms with Crippen LogP contribution >= 0.6 is 27.5 Å². The summed E-state index contributed by atoms with van der Waals surface area (Å²) in [6, 6.07) is 7.10. The van der Waals surface area contributed by atoms with Crippen LogP contribution in [0.3, 0.4) is 0 Å². The van der Waals surface area contributed by atoms with Crippen LogP contribution in [0.1, 0.15) is 0 Å². The molecule has 2 aromatic rings. The van der Waals surface area contributed by atoms with E-state index in [1.807, 2.05) is 22.8 Å². The summed E-state index contributed by atoms with van der Waals surface area (Å²) >= 11 is 9.59. The monoisotopic (exact) mass is 360 g/mol. The average Bonchev–Trinajstić information content (AvgIpc) is 2.58. The predicted molar refractivity (Wildman–Crippen MR) is 86.5 cm³/mol. The Labute approximate surface area is 128 Å². The molecule has 0 radical (unpaired) electrons. The molecule has 0 aliphatic heterocycles. The van der Waals surface area contributed by atoms with Crippen LogP contribution < -0.4 is 0 Å². The molecule has 0 bridgehead atoms. The molecule has 2 rings (SSSR count). The van der Waals surface area contributed by atoms with E-state index >= 15 is 0 Å². The molecular weight excluding hydrogens is 344 g/mol. The fourth-order valence-corrected chi connectivity index (χ4v) is 3.07. The van der Waals surface area contributed by atoms with Crippen LogP contribution in [-0.4, -0.2) is 24.2 Å². The van der Waals surface area contributed by atoms with Gasteiger partial charge in [-0.1, -0.05) is 35.6 Å². The SMILES string of the molecule is C[Si](C)(C)CCOCn1c(Cl)nc2cc(Br)ccc21. The number of ether oxygens (including phenoxy) is 1. The van der Waals surface area contributed by atoms with Gasteiger partial charge in [0.05, 0.1) is 11.0 Å². The number of hydrogen-bond donors (Lipinski definition) is 0. The third-order valence-electron chi connectivity index (χ3n) is 2.88. The zero-order valence-electron chi connectivity index (χ0n) is 11.4. The van der Waals surface area contributed by atoms with Gasteiger partial charge < -0.3 is 4.74 Å². The Morgan fingerprint density at radius 3 is 2.79 bits per heavy atom. The lowest BCUT2D eigenvalue weighted by atomic mass is 10.3. The van der Waals surface area contributed by atoms with Crippen molar-refractivity contribution in [3.63, 3.8) is 0 Å². The van der Waals surface area contributed by atoms with Crippen molar-refractivity contribution in [3.8, 4) is 0 Å². The van der Waals surface area contributed by atoms with Crippen molar-refractivity contribution in [1.29, 1.82) is 0 Å². The minimum absolute atomic E-state index is 0.460. The maximum atomic E-state index is 6.15. The topological polar surface area (TPSA) is 27.1 Å². The minimum Gasteiger partial charge on any atom is -0.361 e. The molecule has 0 atom stereocenters. The maximum Gasteiger partial charge on any atom is 0.205 e. The maximum absolute atomic E-state index is 6.15. The molecule has 0 aliphatic carbocycles. The van der Waals surface area contributed by atoms with Gasteiger partial charge >= 0.3 is 0 Å². The minimum atomic E-state index is -1.04. The molecule has 1 heterocycles. The molecule has 0 fully saturated rings. The van der Waals surface area contributed by atoms with Crippen molar-refractivity contribution in [2.24, 2.45) is 0 Å². The molecule has 0 unspecified atom stereocenters. The normalized spacial score (nSPS) is 12.3. The first-order valence-corrected chi connectivity index (χ1v) is 11.1. The summed E-state index contributed by atoms with van der Waals surface area (Å²) in [5, 5.41) is 0.473. The van der Waals surface area contributed by atoms with E-state index in [9.17, 15) is 0 Å². The Balaban J connectivity index is 2.06. The third-order valence-corrected chi connectivity index (χ3v) is 5.37. The van der Waals surface area contributed by atoms with Crippen molar-refractivity contribution < 1.29 is 4.74 Å². The first kappa shape index (κ1) is 15.0. The number of nitrogens with zero attached hydrogens (tertiary/aromatic N) is 2. The van der Waals surface area contributed by atoms with E-state index in [-0.39, 0.29) is 0 Å². The standard InChI is InChI=1S/C13H18BrClN2OSi/c1-19(2,3)7-6-18-9-17-12-5-4-10(14)8-11(12)16-13(17)15/h4-5,8H,6-7,9H2,1-3H3. The summed E-state index contributed by atoms with van der Waals surface area (Å²) in [6.07, 6.45) is 0.